The molecule has 6 nitrogen and oxygen atoms in total. The second-order valence-corrected chi connectivity index (χ2v) is 8.21. The van der Waals surface area contributed by atoms with Crippen LogP contribution in [0.3, 0.4) is 0 Å². The van der Waals surface area contributed by atoms with Crippen molar-refractivity contribution in [2.24, 2.45) is 0 Å². The van der Waals surface area contributed by atoms with Gasteiger partial charge in [0.15, 0.2) is 5.76 Å². The molecule has 2 amide bonds. The minimum Gasteiger partial charge on any atom is -0.486 e. The molecule has 3 aromatic carbocycles. The largest absolute Gasteiger partial charge is 0.486 e. The molecule has 166 valence electrons. The van der Waals surface area contributed by atoms with Gasteiger partial charge in [-0.05, 0) is 42.0 Å². The number of hydrogen-bond donors (Lipinski definition) is 2. The number of hydrogen-bond acceptors (Lipinski definition) is 5. The molecular weight excluding hydrogens is 436 g/mol. The topological polar surface area (TPSA) is 80.6 Å². The highest BCUT2D eigenvalue weighted by molar-refractivity contribution is 8.00. The highest BCUT2D eigenvalue weighted by Gasteiger charge is 2.23. The Morgan fingerprint density at radius 3 is 2.12 bits per heavy atom. The van der Waals surface area contributed by atoms with E-state index in [4.69, 9.17) is 9.15 Å². The molecule has 4 rings (SSSR count). The normalized spacial score (nSPS) is 11.4. The molecule has 0 bridgehead atoms. The van der Waals surface area contributed by atoms with Crippen LogP contribution in [0.1, 0.15) is 27.1 Å². The summed E-state index contributed by atoms with van der Waals surface area (Å²) in [5.41, 5.74) is 5.78. The van der Waals surface area contributed by atoms with Crippen LogP contribution in [0.15, 0.2) is 112 Å². The van der Waals surface area contributed by atoms with Gasteiger partial charge in [-0.15, -0.1) is 11.8 Å². The SMILES string of the molecule is O=C(NNC(=O)C(Sc1ccccc1)c1ccccc1)c1ccc(COc2ccccc2)o1. The third kappa shape index (κ3) is 6.27. The van der Waals surface area contributed by atoms with Crippen molar-refractivity contribution in [3.8, 4) is 5.75 Å². The van der Waals surface area contributed by atoms with Crippen molar-refractivity contribution >= 4 is 23.6 Å². The lowest BCUT2D eigenvalue weighted by molar-refractivity contribution is -0.121. The molecule has 0 aliphatic heterocycles. The van der Waals surface area contributed by atoms with Crippen LogP contribution >= 0.6 is 11.8 Å². The Kier molecular flexibility index (Phi) is 7.45. The van der Waals surface area contributed by atoms with Crippen LogP contribution in [-0.2, 0) is 11.4 Å². The van der Waals surface area contributed by atoms with Crippen molar-refractivity contribution < 1.29 is 18.7 Å². The number of thioether (sulfide) groups is 1. The summed E-state index contributed by atoms with van der Waals surface area (Å²) in [5.74, 6) is 0.384. The van der Waals surface area contributed by atoms with Crippen LogP contribution in [0.4, 0.5) is 0 Å². The van der Waals surface area contributed by atoms with E-state index in [1.807, 2.05) is 91.0 Å². The minimum absolute atomic E-state index is 0.0777. The Labute approximate surface area is 195 Å². The van der Waals surface area contributed by atoms with Gasteiger partial charge in [0.1, 0.15) is 23.4 Å². The van der Waals surface area contributed by atoms with E-state index in [0.717, 1.165) is 10.5 Å². The van der Waals surface area contributed by atoms with E-state index in [1.54, 1.807) is 12.1 Å². The lowest BCUT2D eigenvalue weighted by atomic mass is 10.1. The fraction of sp³-hybridized carbons (Fsp3) is 0.0769. The third-order valence-corrected chi connectivity index (χ3v) is 5.91. The molecular formula is C26H22N2O4S. The Hall–Kier alpha value is -3.97. The maximum atomic E-state index is 13.0. The number of benzene rings is 3. The second-order valence-electron chi connectivity index (χ2n) is 7.03. The van der Waals surface area contributed by atoms with Gasteiger partial charge in [0.25, 0.3) is 5.91 Å². The molecule has 1 aromatic heterocycles. The lowest BCUT2D eigenvalue weighted by Crippen LogP contribution is -2.43. The molecule has 0 aliphatic carbocycles. The van der Waals surface area contributed by atoms with Gasteiger partial charge < -0.3 is 9.15 Å². The van der Waals surface area contributed by atoms with Crippen LogP contribution in [0.25, 0.3) is 0 Å². The second kappa shape index (κ2) is 11.1. The standard InChI is InChI=1S/C26H22N2O4S/c29-25(23-17-16-21(32-23)18-31-20-12-6-2-7-13-20)27-28-26(30)24(19-10-4-1-5-11-19)33-22-14-8-3-9-15-22/h1-17,24H,18H2,(H,27,29)(H,28,30). The summed E-state index contributed by atoms with van der Waals surface area (Å²) in [6.45, 7) is 0.188. The number of rotatable bonds is 8. The van der Waals surface area contributed by atoms with Gasteiger partial charge in [0.2, 0.25) is 0 Å². The van der Waals surface area contributed by atoms with Gasteiger partial charge in [0, 0.05) is 4.90 Å². The number of amides is 2. The average molecular weight is 459 g/mol. The predicted molar refractivity (Wildman–Crippen MR) is 127 cm³/mol. The first-order valence-electron chi connectivity index (χ1n) is 10.3. The van der Waals surface area contributed by atoms with Crippen molar-refractivity contribution in [3.63, 3.8) is 0 Å². The zero-order valence-electron chi connectivity index (χ0n) is 17.6. The van der Waals surface area contributed by atoms with E-state index in [-0.39, 0.29) is 18.3 Å². The van der Waals surface area contributed by atoms with Gasteiger partial charge in [0.05, 0.1) is 0 Å². The van der Waals surface area contributed by atoms with Gasteiger partial charge in [-0.1, -0.05) is 66.7 Å². The average Bonchev–Trinajstić information content (AvgIpc) is 3.35. The summed E-state index contributed by atoms with van der Waals surface area (Å²) in [4.78, 5) is 26.4. The maximum Gasteiger partial charge on any atom is 0.305 e. The minimum atomic E-state index is -0.550. The summed E-state index contributed by atoms with van der Waals surface area (Å²) < 4.78 is 11.2. The van der Waals surface area contributed by atoms with E-state index >= 15 is 0 Å². The maximum absolute atomic E-state index is 13.0. The summed E-state index contributed by atoms with van der Waals surface area (Å²) in [7, 11) is 0. The fourth-order valence-electron chi connectivity index (χ4n) is 3.03. The monoisotopic (exact) mass is 458 g/mol. The van der Waals surface area contributed by atoms with Crippen LogP contribution < -0.4 is 15.6 Å². The smallest absolute Gasteiger partial charge is 0.305 e. The molecule has 0 spiro atoms. The lowest BCUT2D eigenvalue weighted by Gasteiger charge is -2.17. The number of ether oxygens (including phenoxy) is 1. The molecule has 0 saturated heterocycles. The summed E-state index contributed by atoms with van der Waals surface area (Å²) in [6, 6.07) is 31.6. The molecule has 0 aliphatic rings. The summed E-state index contributed by atoms with van der Waals surface area (Å²) in [6.07, 6.45) is 0. The zero-order valence-corrected chi connectivity index (χ0v) is 18.5. The summed E-state index contributed by atoms with van der Waals surface area (Å²) >= 11 is 1.40. The number of carbonyl (C=O) groups is 2. The van der Waals surface area contributed by atoms with Gasteiger partial charge in [-0.3, -0.25) is 20.4 Å². The van der Waals surface area contributed by atoms with Crippen LogP contribution in [0.2, 0.25) is 0 Å². The number of furan rings is 1. The fourth-order valence-corrected chi connectivity index (χ4v) is 4.08. The number of hydrazine groups is 1. The molecule has 1 unspecified atom stereocenters. The van der Waals surface area contributed by atoms with Crippen LogP contribution in [0.5, 0.6) is 5.75 Å². The Bertz CT molecular complexity index is 1180. The predicted octanol–water partition coefficient (Wildman–Crippen LogP) is 5.15. The first kappa shape index (κ1) is 22.2. The number of carbonyl (C=O) groups excluding carboxylic acids is 2. The van der Waals surface area contributed by atoms with Crippen molar-refractivity contribution in [2.75, 3.05) is 0 Å². The van der Waals surface area contributed by atoms with E-state index in [0.29, 0.717) is 11.5 Å². The van der Waals surface area contributed by atoms with Crippen molar-refractivity contribution in [1.29, 1.82) is 0 Å². The van der Waals surface area contributed by atoms with Crippen molar-refractivity contribution in [3.05, 3.63) is 120 Å². The first-order valence-corrected chi connectivity index (χ1v) is 11.2. The molecule has 0 saturated carbocycles. The Morgan fingerprint density at radius 1 is 0.788 bits per heavy atom. The Morgan fingerprint density at radius 2 is 1.42 bits per heavy atom. The van der Waals surface area contributed by atoms with Gasteiger partial charge in [-0.25, -0.2) is 0 Å². The van der Waals surface area contributed by atoms with E-state index in [9.17, 15) is 9.59 Å². The van der Waals surface area contributed by atoms with E-state index in [2.05, 4.69) is 10.9 Å². The molecule has 7 heteroatoms. The summed E-state index contributed by atoms with van der Waals surface area (Å²) in [5, 5.41) is -0.541. The van der Waals surface area contributed by atoms with E-state index < -0.39 is 11.2 Å². The third-order valence-electron chi connectivity index (χ3n) is 4.65. The van der Waals surface area contributed by atoms with Gasteiger partial charge in [-0.2, -0.15) is 0 Å². The highest BCUT2D eigenvalue weighted by Crippen LogP contribution is 2.35. The molecule has 0 fully saturated rings. The van der Waals surface area contributed by atoms with Crippen molar-refractivity contribution in [2.45, 2.75) is 16.8 Å². The van der Waals surface area contributed by atoms with Crippen LogP contribution in [-0.4, -0.2) is 11.8 Å². The first-order chi connectivity index (χ1) is 16.2. The number of nitrogens with one attached hydrogen (secondary N) is 2. The molecule has 33 heavy (non-hydrogen) atoms. The Balaban J connectivity index is 1.36. The van der Waals surface area contributed by atoms with Crippen molar-refractivity contribution in [1.82, 2.24) is 10.9 Å². The molecule has 4 aromatic rings. The zero-order chi connectivity index (χ0) is 22.9. The molecule has 1 atom stereocenters. The van der Waals surface area contributed by atoms with E-state index in [1.165, 1.54) is 11.8 Å². The van der Waals surface area contributed by atoms with Gasteiger partial charge >= 0.3 is 5.91 Å². The molecule has 1 heterocycles. The number of para-hydroxylation sites is 1. The molecule has 2 N–H and O–H groups in total. The quantitative estimate of drug-likeness (QED) is 0.282. The highest BCUT2D eigenvalue weighted by atomic mass is 32.2. The van der Waals surface area contributed by atoms with Crippen LogP contribution in [0, 0.1) is 0 Å². The molecule has 0 radical (unpaired) electrons.